The number of ether oxygens (including phenoxy) is 2. The fourth-order valence-corrected chi connectivity index (χ4v) is 2.93. The number of para-hydroxylation sites is 2. The van der Waals surface area contributed by atoms with Crippen molar-refractivity contribution in [2.45, 2.75) is 39.3 Å². The van der Waals surface area contributed by atoms with Crippen LogP contribution in [0.15, 0.2) is 48.5 Å². The maximum absolute atomic E-state index is 13.5. The Kier molecular flexibility index (Phi) is 5.92. The molecule has 1 heterocycles. The minimum absolute atomic E-state index is 0.00848. The first-order valence-electron chi connectivity index (χ1n) is 9.04. The first-order chi connectivity index (χ1) is 13.4. The topological polar surface area (TPSA) is 53.4 Å². The lowest BCUT2D eigenvalue weighted by molar-refractivity contribution is -0.151. The molecule has 0 saturated carbocycles. The number of hydrogen-bond donors (Lipinski definition) is 0. The van der Waals surface area contributed by atoms with Gasteiger partial charge in [0.25, 0.3) is 0 Å². The van der Waals surface area contributed by atoms with Crippen molar-refractivity contribution >= 4 is 17.0 Å². The summed E-state index contributed by atoms with van der Waals surface area (Å²) in [6.45, 7) is 2.57. The molecule has 0 saturated heterocycles. The molecule has 7 heteroatoms. The summed E-state index contributed by atoms with van der Waals surface area (Å²) in [6, 6.07) is 14.0. The van der Waals surface area contributed by atoms with E-state index in [1.54, 1.807) is 36.4 Å². The molecule has 148 valence electrons. The molecule has 0 spiro atoms. The Labute approximate surface area is 161 Å². The van der Waals surface area contributed by atoms with Crippen LogP contribution in [-0.4, -0.2) is 22.1 Å². The van der Waals surface area contributed by atoms with Crippen LogP contribution in [0.5, 0.6) is 5.75 Å². The van der Waals surface area contributed by atoms with E-state index >= 15 is 0 Å². The lowest BCUT2D eigenvalue weighted by Crippen LogP contribution is -2.19. The number of carbonyl (C=O) groups excluding carboxylic acids is 1. The maximum atomic E-state index is 13.5. The quantitative estimate of drug-likeness (QED) is 0.520. The van der Waals surface area contributed by atoms with Gasteiger partial charge in [0.1, 0.15) is 5.75 Å². The normalized spacial score (nSPS) is 12.5. The van der Waals surface area contributed by atoms with Crippen LogP contribution < -0.4 is 4.74 Å². The van der Waals surface area contributed by atoms with Crippen LogP contribution in [0.4, 0.5) is 8.78 Å². The molecular formula is C21H22F2N2O3. The summed E-state index contributed by atoms with van der Waals surface area (Å²) in [7, 11) is 0. The Morgan fingerprint density at radius 2 is 1.75 bits per heavy atom. The van der Waals surface area contributed by atoms with Gasteiger partial charge in [0, 0.05) is 0 Å². The van der Waals surface area contributed by atoms with Gasteiger partial charge in [-0.05, 0) is 42.7 Å². The SMILES string of the molecule is CC(C)c1ccc(OCC(=O)OC(C)c2nc3ccccc3n2C(F)F)cc1. The molecule has 0 aliphatic rings. The van der Waals surface area contributed by atoms with E-state index in [0.29, 0.717) is 17.2 Å². The highest BCUT2D eigenvalue weighted by Gasteiger charge is 2.24. The Balaban J connectivity index is 1.66. The summed E-state index contributed by atoms with van der Waals surface area (Å²) in [4.78, 5) is 16.3. The van der Waals surface area contributed by atoms with Gasteiger partial charge in [-0.2, -0.15) is 8.78 Å². The Morgan fingerprint density at radius 1 is 1.07 bits per heavy atom. The van der Waals surface area contributed by atoms with Gasteiger partial charge in [-0.25, -0.2) is 9.78 Å². The van der Waals surface area contributed by atoms with E-state index in [9.17, 15) is 13.6 Å². The van der Waals surface area contributed by atoms with Gasteiger partial charge >= 0.3 is 12.5 Å². The summed E-state index contributed by atoms with van der Waals surface area (Å²) < 4.78 is 38.5. The number of halogens is 2. The van der Waals surface area contributed by atoms with Crippen LogP contribution in [0.1, 0.15) is 50.7 Å². The summed E-state index contributed by atoms with van der Waals surface area (Å²) >= 11 is 0. The Hall–Kier alpha value is -2.96. The molecule has 2 aromatic carbocycles. The van der Waals surface area contributed by atoms with E-state index in [1.165, 1.54) is 6.92 Å². The van der Waals surface area contributed by atoms with Gasteiger partial charge in [-0.15, -0.1) is 0 Å². The van der Waals surface area contributed by atoms with E-state index < -0.39 is 18.6 Å². The van der Waals surface area contributed by atoms with Crippen LogP contribution in [0.3, 0.4) is 0 Å². The van der Waals surface area contributed by atoms with Crippen molar-refractivity contribution in [3.8, 4) is 5.75 Å². The van der Waals surface area contributed by atoms with Gasteiger partial charge in [-0.3, -0.25) is 4.57 Å². The van der Waals surface area contributed by atoms with E-state index in [1.807, 2.05) is 12.1 Å². The molecule has 0 aliphatic carbocycles. The fraction of sp³-hybridized carbons (Fsp3) is 0.333. The molecule has 0 amide bonds. The molecular weight excluding hydrogens is 366 g/mol. The second-order valence-electron chi connectivity index (χ2n) is 6.75. The zero-order valence-corrected chi connectivity index (χ0v) is 15.9. The van der Waals surface area contributed by atoms with Crippen LogP contribution in [0.25, 0.3) is 11.0 Å². The van der Waals surface area contributed by atoms with Crippen molar-refractivity contribution in [2.75, 3.05) is 6.61 Å². The number of esters is 1. The van der Waals surface area contributed by atoms with Crippen molar-refractivity contribution < 1.29 is 23.0 Å². The van der Waals surface area contributed by atoms with Crippen LogP contribution in [0, 0.1) is 0 Å². The number of fused-ring (bicyclic) bond motifs is 1. The van der Waals surface area contributed by atoms with Crippen LogP contribution in [0.2, 0.25) is 0 Å². The minimum atomic E-state index is -2.79. The molecule has 5 nitrogen and oxygen atoms in total. The smallest absolute Gasteiger partial charge is 0.344 e. The van der Waals surface area contributed by atoms with E-state index in [2.05, 4.69) is 18.8 Å². The number of imidazole rings is 1. The van der Waals surface area contributed by atoms with E-state index in [0.717, 1.165) is 10.1 Å². The number of alkyl halides is 2. The highest BCUT2D eigenvalue weighted by molar-refractivity contribution is 5.76. The lowest BCUT2D eigenvalue weighted by atomic mass is 10.0. The van der Waals surface area contributed by atoms with Gasteiger partial charge < -0.3 is 9.47 Å². The third-order valence-corrected chi connectivity index (χ3v) is 4.39. The van der Waals surface area contributed by atoms with Gasteiger partial charge in [-0.1, -0.05) is 38.1 Å². The molecule has 0 bridgehead atoms. The third kappa shape index (κ3) is 4.30. The average Bonchev–Trinajstić information content (AvgIpc) is 3.06. The highest BCUT2D eigenvalue weighted by atomic mass is 19.3. The fourth-order valence-electron chi connectivity index (χ4n) is 2.93. The highest BCUT2D eigenvalue weighted by Crippen LogP contribution is 2.28. The number of carbonyl (C=O) groups is 1. The monoisotopic (exact) mass is 388 g/mol. The summed E-state index contributed by atoms with van der Waals surface area (Å²) in [5.41, 5.74) is 1.87. The molecule has 0 fully saturated rings. The number of rotatable bonds is 7. The average molecular weight is 388 g/mol. The largest absolute Gasteiger partial charge is 0.482 e. The number of nitrogens with zero attached hydrogens (tertiary/aromatic N) is 2. The first kappa shape index (κ1) is 19.8. The molecule has 1 atom stereocenters. The lowest BCUT2D eigenvalue weighted by Gasteiger charge is -2.15. The molecule has 3 aromatic rings. The van der Waals surface area contributed by atoms with Gasteiger partial charge in [0.2, 0.25) is 0 Å². The van der Waals surface area contributed by atoms with Gasteiger partial charge in [0.15, 0.2) is 18.5 Å². The number of aromatic nitrogens is 2. The standard InChI is InChI=1S/C21H22F2N2O3/c1-13(2)15-8-10-16(11-9-15)27-12-19(26)28-14(3)20-24-17-6-4-5-7-18(17)25(20)21(22)23/h4-11,13-14,21H,12H2,1-3H3. The molecule has 1 aromatic heterocycles. The summed E-state index contributed by atoms with van der Waals surface area (Å²) in [5, 5.41) is 0. The molecule has 0 aliphatic heterocycles. The van der Waals surface area contributed by atoms with Crippen molar-refractivity contribution in [2.24, 2.45) is 0 Å². The van der Waals surface area contributed by atoms with Crippen LogP contribution in [-0.2, 0) is 9.53 Å². The number of benzene rings is 2. The summed E-state index contributed by atoms with van der Waals surface area (Å²) in [6.07, 6.45) is -0.944. The third-order valence-electron chi connectivity index (χ3n) is 4.39. The van der Waals surface area contributed by atoms with Crippen molar-refractivity contribution in [1.82, 2.24) is 9.55 Å². The molecule has 0 N–H and O–H groups in total. The Bertz CT molecular complexity index is 952. The maximum Gasteiger partial charge on any atom is 0.344 e. The zero-order chi connectivity index (χ0) is 20.3. The Morgan fingerprint density at radius 3 is 2.39 bits per heavy atom. The summed E-state index contributed by atoms with van der Waals surface area (Å²) in [5.74, 6) is 0.266. The minimum Gasteiger partial charge on any atom is -0.482 e. The molecule has 1 unspecified atom stereocenters. The van der Waals surface area contributed by atoms with Gasteiger partial charge in [0.05, 0.1) is 11.0 Å². The first-order valence-corrected chi connectivity index (χ1v) is 9.04. The van der Waals surface area contributed by atoms with E-state index in [4.69, 9.17) is 9.47 Å². The van der Waals surface area contributed by atoms with E-state index in [-0.39, 0.29) is 17.9 Å². The second-order valence-corrected chi connectivity index (χ2v) is 6.75. The predicted octanol–water partition coefficient (Wildman–Crippen LogP) is 5.24. The predicted molar refractivity (Wildman–Crippen MR) is 102 cm³/mol. The van der Waals surface area contributed by atoms with Crippen LogP contribution >= 0.6 is 0 Å². The molecule has 28 heavy (non-hydrogen) atoms. The van der Waals surface area contributed by atoms with Crippen molar-refractivity contribution in [3.05, 3.63) is 59.9 Å². The molecule has 0 radical (unpaired) electrons. The van der Waals surface area contributed by atoms with Crippen molar-refractivity contribution in [1.29, 1.82) is 0 Å². The second kappa shape index (κ2) is 8.37. The molecule has 3 rings (SSSR count). The number of hydrogen-bond acceptors (Lipinski definition) is 4. The van der Waals surface area contributed by atoms with Crippen molar-refractivity contribution in [3.63, 3.8) is 0 Å². The zero-order valence-electron chi connectivity index (χ0n) is 15.9.